The van der Waals surface area contributed by atoms with Crippen molar-refractivity contribution in [3.63, 3.8) is 0 Å². The maximum Gasteiger partial charge on any atom is 0.405 e. The first kappa shape index (κ1) is 23.8. The van der Waals surface area contributed by atoms with Crippen LogP contribution in [0.4, 0.5) is 26.3 Å². The number of hydrogen-bond acceptors (Lipinski definition) is 1. The molecule has 7 heteroatoms. The Bertz CT molecular complexity index is 1090. The summed E-state index contributed by atoms with van der Waals surface area (Å²) in [5, 5.41) is 0. The molecule has 0 fully saturated rings. The smallest absolute Gasteiger partial charge is 0.297 e. The van der Waals surface area contributed by atoms with Gasteiger partial charge in [-0.3, -0.25) is 4.79 Å². The van der Waals surface area contributed by atoms with Crippen molar-refractivity contribution in [3.05, 3.63) is 108 Å². The van der Waals surface area contributed by atoms with Crippen LogP contribution in [0.5, 0.6) is 0 Å². The van der Waals surface area contributed by atoms with Gasteiger partial charge < -0.3 is 0 Å². The molecular weight excluding hydrogens is 454 g/mol. The first-order chi connectivity index (χ1) is 16.0. The SMILES string of the molecule is O=C(C1(C(F)(F)F)C=CC=C(c2ccccc2)C1)C1(C(F)(F)F)C=CC=C(c2ccccc2)C1. The van der Waals surface area contributed by atoms with E-state index in [9.17, 15) is 31.1 Å². The van der Waals surface area contributed by atoms with Crippen LogP contribution in [0.3, 0.4) is 0 Å². The lowest BCUT2D eigenvalue weighted by molar-refractivity contribution is -0.235. The molecular formula is C27H20F6O. The zero-order valence-electron chi connectivity index (χ0n) is 17.8. The van der Waals surface area contributed by atoms with Gasteiger partial charge in [-0.25, -0.2) is 0 Å². The van der Waals surface area contributed by atoms with E-state index in [1.165, 1.54) is 12.2 Å². The first-order valence-corrected chi connectivity index (χ1v) is 10.6. The van der Waals surface area contributed by atoms with E-state index in [1.807, 2.05) is 0 Å². The minimum absolute atomic E-state index is 0.143. The number of alkyl halides is 6. The van der Waals surface area contributed by atoms with E-state index >= 15 is 0 Å². The molecule has 0 bridgehead atoms. The van der Waals surface area contributed by atoms with Gasteiger partial charge in [-0.05, 0) is 35.1 Å². The fourth-order valence-electron chi connectivity index (χ4n) is 4.55. The zero-order chi connectivity index (χ0) is 24.6. The van der Waals surface area contributed by atoms with Crippen molar-refractivity contribution >= 4 is 16.9 Å². The van der Waals surface area contributed by atoms with Crippen LogP contribution in [0.15, 0.2) is 97.1 Å². The van der Waals surface area contributed by atoms with E-state index in [-0.39, 0.29) is 11.1 Å². The predicted octanol–water partition coefficient (Wildman–Crippen LogP) is 7.74. The lowest BCUT2D eigenvalue weighted by atomic mass is 9.61. The number of Topliss-reactive ketones (excluding diaryl/α,β-unsaturated/α-hetero) is 1. The van der Waals surface area contributed by atoms with Crippen molar-refractivity contribution in [2.75, 3.05) is 0 Å². The lowest BCUT2D eigenvalue weighted by Crippen LogP contribution is -2.56. The number of allylic oxidation sites excluding steroid dienone is 8. The number of ketones is 1. The van der Waals surface area contributed by atoms with Crippen LogP contribution in [0, 0.1) is 10.8 Å². The molecule has 2 aromatic carbocycles. The second-order valence-corrected chi connectivity index (χ2v) is 8.45. The molecule has 34 heavy (non-hydrogen) atoms. The molecule has 0 aliphatic heterocycles. The molecule has 0 amide bonds. The molecule has 0 saturated carbocycles. The molecule has 0 spiro atoms. The summed E-state index contributed by atoms with van der Waals surface area (Å²) in [6.07, 6.45) is -6.30. The summed E-state index contributed by atoms with van der Waals surface area (Å²) in [7, 11) is 0. The Balaban J connectivity index is 1.82. The van der Waals surface area contributed by atoms with Gasteiger partial charge in [0.2, 0.25) is 0 Å². The maximum atomic E-state index is 14.6. The average molecular weight is 474 g/mol. The van der Waals surface area contributed by atoms with Crippen molar-refractivity contribution < 1.29 is 31.1 Å². The quantitative estimate of drug-likeness (QED) is 0.414. The monoisotopic (exact) mass is 474 g/mol. The second kappa shape index (κ2) is 8.46. The molecule has 0 aromatic heterocycles. The minimum Gasteiger partial charge on any atom is -0.297 e. The van der Waals surface area contributed by atoms with E-state index < -0.39 is 41.8 Å². The molecule has 0 N–H and O–H groups in total. The van der Waals surface area contributed by atoms with Gasteiger partial charge in [-0.15, -0.1) is 0 Å². The Morgan fingerprint density at radius 2 is 0.971 bits per heavy atom. The molecule has 2 aliphatic carbocycles. The molecule has 2 aliphatic rings. The Kier molecular flexibility index (Phi) is 5.92. The number of hydrogen-bond donors (Lipinski definition) is 0. The molecule has 0 saturated heterocycles. The topological polar surface area (TPSA) is 17.1 Å². The Labute approximate surface area is 192 Å². The highest BCUT2D eigenvalue weighted by molar-refractivity contribution is 5.99. The van der Waals surface area contributed by atoms with Gasteiger partial charge in [0.25, 0.3) is 0 Å². The van der Waals surface area contributed by atoms with Crippen molar-refractivity contribution in [1.29, 1.82) is 0 Å². The van der Waals surface area contributed by atoms with Crippen LogP contribution in [0.2, 0.25) is 0 Å². The number of halogens is 6. The van der Waals surface area contributed by atoms with Crippen LogP contribution < -0.4 is 0 Å². The standard InChI is InChI=1S/C27H20F6O/c28-26(29,30)24(15-7-13-21(17-24)19-9-3-1-4-10-19)23(34)25(27(31,32)33)16-8-14-22(18-25)20-11-5-2-6-12-20/h1-16H,17-18H2. The summed E-state index contributed by atoms with van der Waals surface area (Å²) in [4.78, 5) is 13.6. The molecule has 0 heterocycles. The molecule has 176 valence electrons. The molecule has 2 atom stereocenters. The summed E-state index contributed by atoms with van der Waals surface area (Å²) in [6.45, 7) is 0. The number of benzene rings is 2. The van der Waals surface area contributed by atoms with Gasteiger partial charge in [-0.1, -0.05) is 97.1 Å². The van der Waals surface area contributed by atoms with Crippen molar-refractivity contribution in [1.82, 2.24) is 0 Å². The van der Waals surface area contributed by atoms with Crippen LogP contribution in [0.1, 0.15) is 24.0 Å². The highest BCUT2D eigenvalue weighted by Crippen LogP contribution is 2.58. The summed E-state index contributed by atoms with van der Waals surface area (Å²) in [6, 6.07) is 16.1. The highest BCUT2D eigenvalue weighted by Gasteiger charge is 2.70. The van der Waals surface area contributed by atoms with Gasteiger partial charge in [0.05, 0.1) is 0 Å². The van der Waals surface area contributed by atoms with E-state index in [1.54, 1.807) is 60.7 Å². The Morgan fingerprint density at radius 1 is 0.618 bits per heavy atom. The van der Waals surface area contributed by atoms with Crippen LogP contribution in [0.25, 0.3) is 11.1 Å². The van der Waals surface area contributed by atoms with Crippen molar-refractivity contribution in [2.24, 2.45) is 10.8 Å². The van der Waals surface area contributed by atoms with Gasteiger partial charge >= 0.3 is 12.4 Å². The third kappa shape index (κ3) is 3.93. The normalized spacial score (nSPS) is 25.0. The van der Waals surface area contributed by atoms with E-state index in [0.29, 0.717) is 23.3 Å². The minimum atomic E-state index is -5.24. The van der Waals surface area contributed by atoms with E-state index in [0.717, 1.165) is 12.2 Å². The molecule has 2 unspecified atom stereocenters. The van der Waals surface area contributed by atoms with Crippen LogP contribution >= 0.6 is 0 Å². The van der Waals surface area contributed by atoms with Crippen molar-refractivity contribution in [3.8, 4) is 0 Å². The van der Waals surface area contributed by atoms with E-state index in [2.05, 4.69) is 0 Å². The lowest BCUT2D eigenvalue weighted by Gasteiger charge is -2.43. The molecule has 1 nitrogen and oxygen atoms in total. The molecule has 4 rings (SSSR count). The van der Waals surface area contributed by atoms with Gasteiger partial charge in [0.15, 0.2) is 5.78 Å². The summed E-state index contributed by atoms with van der Waals surface area (Å²) in [5.41, 5.74) is -5.54. The average Bonchev–Trinajstić information content (AvgIpc) is 2.83. The third-order valence-electron chi connectivity index (χ3n) is 6.41. The van der Waals surface area contributed by atoms with Crippen molar-refractivity contribution in [2.45, 2.75) is 25.2 Å². The second-order valence-electron chi connectivity index (χ2n) is 8.45. The van der Waals surface area contributed by atoms with Crippen LogP contribution in [-0.4, -0.2) is 18.1 Å². The van der Waals surface area contributed by atoms with Gasteiger partial charge in [-0.2, -0.15) is 26.3 Å². The number of rotatable bonds is 4. The molecule has 0 radical (unpaired) electrons. The van der Waals surface area contributed by atoms with Gasteiger partial charge in [0, 0.05) is 0 Å². The first-order valence-electron chi connectivity index (χ1n) is 10.6. The predicted molar refractivity (Wildman–Crippen MR) is 118 cm³/mol. The Hall–Kier alpha value is -3.35. The number of carbonyl (C=O) groups excluding carboxylic acids is 1. The fourth-order valence-corrected chi connectivity index (χ4v) is 4.55. The number of carbonyl (C=O) groups is 1. The van der Waals surface area contributed by atoms with Crippen LogP contribution in [-0.2, 0) is 4.79 Å². The Morgan fingerprint density at radius 3 is 1.29 bits per heavy atom. The summed E-state index contributed by atoms with van der Waals surface area (Å²) in [5.74, 6) is -1.92. The zero-order valence-corrected chi connectivity index (χ0v) is 17.8. The largest absolute Gasteiger partial charge is 0.405 e. The fraction of sp³-hybridized carbons (Fsp3) is 0.222. The maximum absolute atomic E-state index is 14.6. The van der Waals surface area contributed by atoms with E-state index in [4.69, 9.17) is 0 Å². The third-order valence-corrected chi connectivity index (χ3v) is 6.41. The molecule has 2 aromatic rings. The summed E-state index contributed by atoms with van der Waals surface area (Å²) < 4.78 is 87.4. The highest BCUT2D eigenvalue weighted by atomic mass is 19.4. The summed E-state index contributed by atoms with van der Waals surface area (Å²) >= 11 is 0. The van der Waals surface area contributed by atoms with Gasteiger partial charge in [0.1, 0.15) is 10.8 Å².